The number of methoxy groups -OCH3 is 1. The zero-order valence-electron chi connectivity index (χ0n) is 9.78. The molecule has 1 aromatic carbocycles. The Hall–Kier alpha value is -1.71. The summed E-state index contributed by atoms with van der Waals surface area (Å²) in [6.07, 6.45) is 3.36. The van der Waals surface area contributed by atoms with Crippen molar-refractivity contribution in [2.45, 2.75) is 12.1 Å². The van der Waals surface area contributed by atoms with Crippen LogP contribution in [0.15, 0.2) is 54.9 Å². The number of hydrogen-bond acceptors (Lipinski definition) is 3. The zero-order valence-corrected chi connectivity index (χ0v) is 9.78. The molecular formula is C14H16N2O. The molecule has 1 heterocycles. The monoisotopic (exact) mass is 228 g/mol. The van der Waals surface area contributed by atoms with Gasteiger partial charge in [-0.15, -0.1) is 0 Å². The van der Waals surface area contributed by atoms with Crippen LogP contribution in [0.5, 0.6) is 0 Å². The topological polar surface area (TPSA) is 48.1 Å². The van der Waals surface area contributed by atoms with Crippen LogP contribution in [-0.2, 0) is 4.74 Å². The predicted molar refractivity (Wildman–Crippen MR) is 67.4 cm³/mol. The highest BCUT2D eigenvalue weighted by Crippen LogP contribution is 2.28. The van der Waals surface area contributed by atoms with Crippen LogP contribution in [0, 0.1) is 0 Å². The first-order valence-electron chi connectivity index (χ1n) is 5.56. The molecule has 0 aliphatic carbocycles. The first kappa shape index (κ1) is 11.8. The van der Waals surface area contributed by atoms with Crippen LogP contribution < -0.4 is 5.73 Å². The van der Waals surface area contributed by atoms with Gasteiger partial charge in [-0.25, -0.2) is 0 Å². The fourth-order valence-corrected chi connectivity index (χ4v) is 1.88. The molecule has 2 rings (SSSR count). The summed E-state index contributed by atoms with van der Waals surface area (Å²) in [5.74, 6) is 0. The summed E-state index contributed by atoms with van der Waals surface area (Å²) in [5.41, 5.74) is 8.27. The van der Waals surface area contributed by atoms with Crippen molar-refractivity contribution in [1.29, 1.82) is 0 Å². The molecule has 0 aliphatic rings. The predicted octanol–water partition coefficient (Wildman–Crippen LogP) is 2.47. The third-order valence-corrected chi connectivity index (χ3v) is 2.78. The summed E-state index contributed by atoms with van der Waals surface area (Å²) in [7, 11) is 1.67. The summed E-state index contributed by atoms with van der Waals surface area (Å²) in [6.45, 7) is 0. The summed E-state index contributed by atoms with van der Waals surface area (Å²) in [6, 6.07) is 13.6. The highest BCUT2D eigenvalue weighted by Gasteiger charge is 2.20. The Morgan fingerprint density at radius 2 is 1.76 bits per heavy atom. The third kappa shape index (κ3) is 2.70. The number of benzene rings is 1. The van der Waals surface area contributed by atoms with Crippen LogP contribution >= 0.6 is 0 Å². The minimum absolute atomic E-state index is 0.152. The number of aromatic nitrogens is 1. The van der Waals surface area contributed by atoms with Crippen LogP contribution in [0.1, 0.15) is 23.3 Å². The second kappa shape index (κ2) is 5.57. The lowest BCUT2D eigenvalue weighted by Crippen LogP contribution is -2.21. The molecule has 0 saturated carbocycles. The standard InChI is InChI=1S/C14H16N2O/c1-17-14(11-6-3-2-4-7-11)13(15)12-8-5-9-16-10-12/h2-10,13-14H,15H2,1H3. The van der Waals surface area contributed by atoms with E-state index in [9.17, 15) is 0 Å². The van der Waals surface area contributed by atoms with E-state index >= 15 is 0 Å². The van der Waals surface area contributed by atoms with Gasteiger partial charge in [0.25, 0.3) is 0 Å². The van der Waals surface area contributed by atoms with Gasteiger partial charge in [0.2, 0.25) is 0 Å². The van der Waals surface area contributed by atoms with E-state index in [1.165, 1.54) is 0 Å². The molecule has 88 valence electrons. The molecule has 2 atom stereocenters. The summed E-state index contributed by atoms with van der Waals surface area (Å²) in [5, 5.41) is 0. The van der Waals surface area contributed by atoms with Gasteiger partial charge in [0, 0.05) is 19.5 Å². The van der Waals surface area contributed by atoms with E-state index in [0.29, 0.717) is 0 Å². The maximum absolute atomic E-state index is 6.22. The van der Waals surface area contributed by atoms with Crippen LogP contribution in [0.3, 0.4) is 0 Å². The molecule has 0 radical (unpaired) electrons. The van der Waals surface area contributed by atoms with Gasteiger partial charge in [-0.1, -0.05) is 36.4 Å². The van der Waals surface area contributed by atoms with Crippen molar-refractivity contribution in [3.05, 3.63) is 66.0 Å². The minimum atomic E-state index is -0.212. The molecule has 3 heteroatoms. The van der Waals surface area contributed by atoms with Crippen molar-refractivity contribution in [2.24, 2.45) is 5.73 Å². The van der Waals surface area contributed by atoms with E-state index in [1.807, 2.05) is 42.5 Å². The smallest absolute Gasteiger partial charge is 0.101 e. The molecule has 0 aliphatic heterocycles. The molecule has 0 saturated heterocycles. The van der Waals surface area contributed by atoms with Gasteiger partial charge in [0.05, 0.1) is 6.04 Å². The molecule has 1 aromatic heterocycles. The van der Waals surface area contributed by atoms with E-state index in [0.717, 1.165) is 11.1 Å². The van der Waals surface area contributed by atoms with Crippen molar-refractivity contribution in [3.63, 3.8) is 0 Å². The number of rotatable bonds is 4. The summed E-state index contributed by atoms with van der Waals surface area (Å²) >= 11 is 0. The molecule has 2 unspecified atom stereocenters. The Morgan fingerprint density at radius 3 is 2.35 bits per heavy atom. The van der Waals surface area contributed by atoms with Gasteiger partial charge in [-0.3, -0.25) is 4.98 Å². The lowest BCUT2D eigenvalue weighted by Gasteiger charge is -2.23. The molecule has 0 fully saturated rings. The molecule has 0 amide bonds. The lowest BCUT2D eigenvalue weighted by atomic mass is 9.98. The molecule has 2 N–H and O–H groups in total. The number of nitrogens with two attached hydrogens (primary N) is 1. The number of pyridine rings is 1. The molecule has 2 aromatic rings. The van der Waals surface area contributed by atoms with Crippen LogP contribution in [-0.4, -0.2) is 12.1 Å². The zero-order chi connectivity index (χ0) is 12.1. The van der Waals surface area contributed by atoms with Crippen molar-refractivity contribution in [1.82, 2.24) is 4.98 Å². The first-order valence-corrected chi connectivity index (χ1v) is 5.56. The van der Waals surface area contributed by atoms with Gasteiger partial charge >= 0.3 is 0 Å². The number of nitrogens with zero attached hydrogens (tertiary/aromatic N) is 1. The van der Waals surface area contributed by atoms with E-state index in [2.05, 4.69) is 4.98 Å². The fourth-order valence-electron chi connectivity index (χ4n) is 1.88. The van der Waals surface area contributed by atoms with Gasteiger partial charge in [0.15, 0.2) is 0 Å². The average Bonchev–Trinajstić information content (AvgIpc) is 2.42. The molecule has 17 heavy (non-hydrogen) atoms. The van der Waals surface area contributed by atoms with Crippen molar-refractivity contribution in [2.75, 3.05) is 7.11 Å². The van der Waals surface area contributed by atoms with Crippen LogP contribution in [0.25, 0.3) is 0 Å². The second-order valence-electron chi connectivity index (χ2n) is 3.88. The second-order valence-corrected chi connectivity index (χ2v) is 3.88. The normalized spacial score (nSPS) is 14.2. The largest absolute Gasteiger partial charge is 0.375 e. The molecule has 3 nitrogen and oxygen atoms in total. The van der Waals surface area contributed by atoms with E-state index in [4.69, 9.17) is 10.5 Å². The highest BCUT2D eigenvalue weighted by atomic mass is 16.5. The SMILES string of the molecule is COC(c1ccccc1)C(N)c1cccnc1. The lowest BCUT2D eigenvalue weighted by molar-refractivity contribution is 0.0801. The van der Waals surface area contributed by atoms with Crippen LogP contribution in [0.4, 0.5) is 0 Å². The molecule has 0 spiro atoms. The van der Waals surface area contributed by atoms with Crippen LogP contribution in [0.2, 0.25) is 0 Å². The average molecular weight is 228 g/mol. The van der Waals surface area contributed by atoms with E-state index in [-0.39, 0.29) is 12.1 Å². The number of hydrogen-bond donors (Lipinski definition) is 1. The highest BCUT2D eigenvalue weighted by molar-refractivity contribution is 5.24. The van der Waals surface area contributed by atoms with E-state index < -0.39 is 0 Å². The van der Waals surface area contributed by atoms with E-state index in [1.54, 1.807) is 19.5 Å². The summed E-state index contributed by atoms with van der Waals surface area (Å²) < 4.78 is 5.50. The Balaban J connectivity index is 2.25. The quantitative estimate of drug-likeness (QED) is 0.874. The van der Waals surface area contributed by atoms with Gasteiger partial charge in [-0.05, 0) is 17.2 Å². The first-order chi connectivity index (χ1) is 8.33. The third-order valence-electron chi connectivity index (χ3n) is 2.78. The molecule has 0 bridgehead atoms. The maximum atomic E-state index is 6.22. The fraction of sp³-hybridized carbons (Fsp3) is 0.214. The van der Waals surface area contributed by atoms with Gasteiger partial charge in [-0.2, -0.15) is 0 Å². The Kier molecular flexibility index (Phi) is 3.85. The Morgan fingerprint density at radius 1 is 1.06 bits per heavy atom. The van der Waals surface area contributed by atoms with Gasteiger partial charge < -0.3 is 10.5 Å². The Labute approximate surface area is 101 Å². The Bertz CT molecular complexity index is 444. The van der Waals surface area contributed by atoms with Crippen molar-refractivity contribution < 1.29 is 4.74 Å². The van der Waals surface area contributed by atoms with Crippen molar-refractivity contribution in [3.8, 4) is 0 Å². The maximum Gasteiger partial charge on any atom is 0.101 e. The molecular weight excluding hydrogens is 212 g/mol. The summed E-state index contributed by atoms with van der Waals surface area (Å²) in [4.78, 5) is 4.08. The van der Waals surface area contributed by atoms with Crippen molar-refractivity contribution >= 4 is 0 Å². The minimum Gasteiger partial charge on any atom is -0.375 e. The van der Waals surface area contributed by atoms with Gasteiger partial charge in [0.1, 0.15) is 6.10 Å². The number of ether oxygens (including phenoxy) is 1.